The molecular weight excluding hydrogens is 628 g/mol. The summed E-state index contributed by atoms with van der Waals surface area (Å²) in [6, 6.07) is 10.9. The van der Waals surface area contributed by atoms with Gasteiger partial charge in [0, 0.05) is 72.6 Å². The molecule has 0 saturated carbocycles. The summed E-state index contributed by atoms with van der Waals surface area (Å²) in [7, 11) is 0. The quantitative estimate of drug-likeness (QED) is 0.194. The van der Waals surface area contributed by atoms with Gasteiger partial charge in [0.25, 0.3) is 0 Å². The van der Waals surface area contributed by atoms with E-state index >= 15 is 0 Å². The standard InChI is InChI=1S/C15H13ClFN3O.C15H14FN3O.C3H3NO.CH4/c1-15(2,21)10-5-9(6-18-7-10)13-14(16)20-8-11(17)3-4-12(20)19-13;1-15(2,20)11-5-10(6-17-7-11)13-9-19-8-12(16)3-4-14(19)18-13;1-3(5)2-4;/h3-8,21H,1-2H3;3-9,20H,1-2H3;1H3;1H4. The minimum Gasteiger partial charge on any atom is -0.386 e. The number of carbonyl (C=O) groups excluding carboxylic acids is 1. The fraction of sp³-hybridized carbons (Fsp3) is 0.235. The maximum atomic E-state index is 13.3. The highest BCUT2D eigenvalue weighted by atomic mass is 35.5. The highest BCUT2D eigenvalue weighted by Gasteiger charge is 2.20. The summed E-state index contributed by atoms with van der Waals surface area (Å²) in [5, 5.41) is 27.9. The van der Waals surface area contributed by atoms with Crippen LogP contribution >= 0.6 is 11.6 Å². The summed E-state index contributed by atoms with van der Waals surface area (Å²) in [5.74, 6) is -1.15. The Bertz CT molecular complexity index is 2070. The molecule has 0 spiro atoms. The number of hydrogen-bond acceptors (Lipinski definition) is 8. The van der Waals surface area contributed by atoms with E-state index in [2.05, 4.69) is 19.9 Å². The summed E-state index contributed by atoms with van der Waals surface area (Å²) >= 11 is 6.27. The van der Waals surface area contributed by atoms with E-state index in [-0.39, 0.29) is 13.2 Å². The molecule has 0 aromatic carbocycles. The van der Waals surface area contributed by atoms with Gasteiger partial charge in [0.1, 0.15) is 39.8 Å². The Labute approximate surface area is 275 Å². The zero-order valence-corrected chi connectivity index (χ0v) is 26.3. The molecule has 2 N–H and O–H groups in total. The van der Waals surface area contributed by atoms with E-state index in [1.807, 2.05) is 6.07 Å². The van der Waals surface area contributed by atoms with Crippen LogP contribution in [-0.4, -0.2) is 44.7 Å². The third kappa shape index (κ3) is 9.01. The molecule has 0 atom stereocenters. The van der Waals surface area contributed by atoms with Crippen molar-refractivity contribution in [3.8, 4) is 28.6 Å². The van der Waals surface area contributed by atoms with Crippen molar-refractivity contribution in [2.45, 2.75) is 53.2 Å². The van der Waals surface area contributed by atoms with Crippen LogP contribution in [0.3, 0.4) is 0 Å². The van der Waals surface area contributed by atoms with E-state index in [1.54, 1.807) is 81.3 Å². The largest absolute Gasteiger partial charge is 0.386 e. The van der Waals surface area contributed by atoms with E-state index in [0.717, 1.165) is 5.56 Å². The van der Waals surface area contributed by atoms with Gasteiger partial charge in [0.05, 0.1) is 16.9 Å². The van der Waals surface area contributed by atoms with E-state index in [0.29, 0.717) is 44.5 Å². The smallest absolute Gasteiger partial charge is 0.228 e. The fourth-order valence-corrected chi connectivity index (χ4v) is 4.38. The van der Waals surface area contributed by atoms with Crippen LogP contribution in [-0.2, 0) is 16.0 Å². The van der Waals surface area contributed by atoms with Crippen molar-refractivity contribution in [1.29, 1.82) is 5.26 Å². The van der Waals surface area contributed by atoms with Gasteiger partial charge in [-0.15, -0.1) is 0 Å². The van der Waals surface area contributed by atoms with Gasteiger partial charge in [-0.2, -0.15) is 5.26 Å². The van der Waals surface area contributed by atoms with Crippen LogP contribution in [0.2, 0.25) is 5.15 Å². The molecule has 47 heavy (non-hydrogen) atoms. The molecule has 0 aliphatic heterocycles. The number of imidazole rings is 2. The SMILES string of the molecule is C.CC(=O)C#N.CC(C)(O)c1cncc(-c2cn3cc(F)ccc3n2)c1.CC(C)(O)c1cncc(-c2nc3ccc(F)cn3c2Cl)c1. The molecule has 0 amide bonds. The average Bonchev–Trinajstić information content (AvgIpc) is 3.57. The highest BCUT2D eigenvalue weighted by Crippen LogP contribution is 2.31. The van der Waals surface area contributed by atoms with Crippen molar-refractivity contribution in [1.82, 2.24) is 28.7 Å². The summed E-state index contributed by atoms with van der Waals surface area (Å²) in [5.41, 5.74) is 3.24. The number of fused-ring (bicyclic) bond motifs is 2. The van der Waals surface area contributed by atoms with Gasteiger partial charge in [0.2, 0.25) is 5.78 Å². The van der Waals surface area contributed by atoms with E-state index in [1.165, 1.54) is 41.9 Å². The van der Waals surface area contributed by atoms with Crippen LogP contribution in [0, 0.1) is 23.0 Å². The number of hydrogen-bond donors (Lipinski definition) is 2. The first-order valence-corrected chi connectivity index (χ1v) is 14.2. The molecule has 0 fully saturated rings. The number of carbonyl (C=O) groups is 1. The minimum atomic E-state index is -1.01. The summed E-state index contributed by atoms with van der Waals surface area (Å²) in [6.45, 7) is 7.97. The third-order valence-electron chi connectivity index (χ3n) is 6.56. The summed E-state index contributed by atoms with van der Waals surface area (Å²) < 4.78 is 29.6. The number of aromatic nitrogens is 6. The van der Waals surface area contributed by atoms with Gasteiger partial charge in [-0.05, 0) is 64.1 Å². The maximum Gasteiger partial charge on any atom is 0.228 e. The molecule has 0 unspecified atom stereocenters. The molecular formula is C34H34ClF2N7O3. The predicted molar refractivity (Wildman–Crippen MR) is 175 cm³/mol. The summed E-state index contributed by atoms with van der Waals surface area (Å²) in [6.07, 6.45) is 10.9. The number of rotatable bonds is 4. The van der Waals surface area contributed by atoms with E-state index in [4.69, 9.17) is 16.9 Å². The number of Topliss-reactive ketones (excluding diaryl/α,β-unsaturated/α-hetero) is 1. The second kappa shape index (κ2) is 14.6. The predicted octanol–water partition coefficient (Wildman–Crippen LogP) is 6.91. The Balaban J connectivity index is 0.000000220. The lowest BCUT2D eigenvalue weighted by Gasteiger charge is -2.17. The summed E-state index contributed by atoms with van der Waals surface area (Å²) in [4.78, 5) is 26.5. The van der Waals surface area contributed by atoms with Crippen molar-refractivity contribution >= 4 is 28.7 Å². The van der Waals surface area contributed by atoms with Crippen molar-refractivity contribution in [2.24, 2.45) is 0 Å². The molecule has 13 heteroatoms. The third-order valence-corrected chi connectivity index (χ3v) is 6.92. The molecule has 6 aromatic rings. The molecule has 6 heterocycles. The topological polar surface area (TPSA) is 142 Å². The highest BCUT2D eigenvalue weighted by molar-refractivity contribution is 6.32. The zero-order chi connectivity index (χ0) is 33.8. The van der Waals surface area contributed by atoms with Crippen molar-refractivity contribution in [3.63, 3.8) is 0 Å². The van der Waals surface area contributed by atoms with Crippen LogP contribution < -0.4 is 0 Å². The number of pyridine rings is 4. The van der Waals surface area contributed by atoms with E-state index in [9.17, 15) is 23.8 Å². The Kier molecular flexibility index (Phi) is 11.3. The Morgan fingerprint density at radius 1 is 0.830 bits per heavy atom. The van der Waals surface area contributed by atoms with Crippen LogP contribution in [0.5, 0.6) is 0 Å². The molecule has 0 bridgehead atoms. The first-order valence-electron chi connectivity index (χ1n) is 13.8. The molecule has 0 radical (unpaired) electrons. The maximum absolute atomic E-state index is 13.3. The zero-order valence-electron chi connectivity index (χ0n) is 25.6. The lowest BCUT2D eigenvalue weighted by Crippen LogP contribution is -2.15. The molecule has 10 nitrogen and oxygen atoms in total. The molecule has 0 saturated heterocycles. The molecule has 6 aromatic heterocycles. The molecule has 6 rings (SSSR count). The minimum absolute atomic E-state index is 0. The first-order chi connectivity index (χ1) is 21.6. The van der Waals surface area contributed by atoms with E-state index < -0.39 is 22.8 Å². The Morgan fingerprint density at radius 3 is 1.89 bits per heavy atom. The Hall–Kier alpha value is -5.09. The molecule has 0 aliphatic carbocycles. The van der Waals surface area contributed by atoms with Crippen LogP contribution in [0.15, 0.2) is 79.8 Å². The van der Waals surface area contributed by atoms with Crippen LogP contribution in [0.1, 0.15) is 53.2 Å². The second-order valence-electron chi connectivity index (χ2n) is 11.3. The monoisotopic (exact) mass is 661 g/mol. The normalized spacial score (nSPS) is 11.1. The van der Waals surface area contributed by atoms with Crippen LogP contribution in [0.25, 0.3) is 33.8 Å². The van der Waals surface area contributed by atoms with Gasteiger partial charge in [0.15, 0.2) is 0 Å². The Morgan fingerprint density at radius 2 is 1.34 bits per heavy atom. The number of nitrogens with zero attached hydrogens (tertiary/aromatic N) is 7. The van der Waals surface area contributed by atoms with Gasteiger partial charge in [-0.3, -0.25) is 19.2 Å². The lowest BCUT2D eigenvalue weighted by molar-refractivity contribution is -0.112. The number of nitriles is 1. The second-order valence-corrected chi connectivity index (χ2v) is 11.6. The van der Waals surface area contributed by atoms with Gasteiger partial charge in [-0.1, -0.05) is 19.0 Å². The van der Waals surface area contributed by atoms with Crippen molar-refractivity contribution in [3.05, 3.63) is 108 Å². The van der Waals surface area contributed by atoms with Gasteiger partial charge >= 0.3 is 0 Å². The number of aliphatic hydroxyl groups is 2. The number of halogens is 3. The first kappa shape index (κ1) is 36.4. The lowest BCUT2D eigenvalue weighted by atomic mass is 9.98. The fourth-order valence-electron chi connectivity index (χ4n) is 4.10. The average molecular weight is 662 g/mol. The van der Waals surface area contributed by atoms with Gasteiger partial charge < -0.3 is 14.6 Å². The van der Waals surface area contributed by atoms with Crippen LogP contribution in [0.4, 0.5) is 8.78 Å². The molecule has 244 valence electrons. The van der Waals surface area contributed by atoms with Crippen molar-refractivity contribution < 1.29 is 23.8 Å². The molecule has 0 aliphatic rings. The number of ketones is 1. The van der Waals surface area contributed by atoms with Crippen molar-refractivity contribution in [2.75, 3.05) is 0 Å². The van der Waals surface area contributed by atoms with Gasteiger partial charge in [-0.25, -0.2) is 18.7 Å².